The molecule has 1 unspecified atom stereocenters. The van der Waals surface area contributed by atoms with E-state index in [-0.39, 0.29) is 13.2 Å². The maximum absolute atomic E-state index is 13.1. The fourth-order valence-electron chi connectivity index (χ4n) is 3.78. The molecule has 7 nitrogen and oxygen atoms in total. The van der Waals surface area contributed by atoms with E-state index >= 15 is 0 Å². The van der Waals surface area contributed by atoms with Crippen LogP contribution in [-0.4, -0.2) is 54.4 Å². The number of hydrogen-bond acceptors (Lipinski definition) is 6. The van der Waals surface area contributed by atoms with Crippen LogP contribution in [0.15, 0.2) is 60.7 Å². The van der Waals surface area contributed by atoms with Gasteiger partial charge in [0.1, 0.15) is 12.2 Å². The van der Waals surface area contributed by atoms with Crippen molar-refractivity contribution in [3.05, 3.63) is 71.8 Å². The van der Waals surface area contributed by atoms with Crippen LogP contribution in [0, 0.1) is 0 Å². The van der Waals surface area contributed by atoms with Gasteiger partial charge in [0.2, 0.25) is 0 Å². The molecule has 1 saturated heterocycles. The largest absolute Gasteiger partial charge is 0.461 e. The summed E-state index contributed by atoms with van der Waals surface area (Å²) in [6.07, 6.45) is -0.177. The number of ether oxygens (including phenoxy) is 3. The van der Waals surface area contributed by atoms with E-state index in [4.69, 9.17) is 14.2 Å². The highest BCUT2D eigenvalue weighted by Gasteiger charge is 2.48. The molecule has 1 fully saturated rings. The topological polar surface area (TPSA) is 77.1 Å². The molecule has 0 radical (unpaired) electrons. The fourth-order valence-corrected chi connectivity index (χ4v) is 3.78. The van der Waals surface area contributed by atoms with Crippen LogP contribution in [0.4, 0.5) is 4.79 Å². The van der Waals surface area contributed by atoms with Crippen molar-refractivity contribution >= 4 is 12.1 Å². The van der Waals surface area contributed by atoms with Crippen LogP contribution in [-0.2, 0) is 32.2 Å². The Balaban J connectivity index is 1.57. The number of carbonyl (C=O) groups is 2. The van der Waals surface area contributed by atoms with Crippen molar-refractivity contribution < 1.29 is 23.8 Å². The highest BCUT2D eigenvalue weighted by molar-refractivity contribution is 5.86. The standard InChI is InChI=1S/C26H34N2O5/c1-25(2,3)33-24(30)27-26(14-15-28(20-26)18-21-10-6-4-7-11-21)23(29)32-17-16-31-19-22-12-8-5-9-13-22/h4-13H,14-20H2,1-3H3,(H,27,30). The van der Waals surface area contributed by atoms with Crippen LogP contribution < -0.4 is 5.32 Å². The molecule has 0 aliphatic carbocycles. The van der Waals surface area contributed by atoms with Gasteiger partial charge in [-0.1, -0.05) is 60.7 Å². The van der Waals surface area contributed by atoms with E-state index in [1.165, 1.54) is 0 Å². The van der Waals surface area contributed by atoms with Gasteiger partial charge in [-0.25, -0.2) is 9.59 Å². The summed E-state index contributed by atoms with van der Waals surface area (Å²) in [5.41, 5.74) is 0.381. The number of esters is 1. The van der Waals surface area contributed by atoms with Crippen LogP contribution in [0.25, 0.3) is 0 Å². The first-order chi connectivity index (χ1) is 15.8. The molecule has 0 bridgehead atoms. The first kappa shape index (κ1) is 24.7. The van der Waals surface area contributed by atoms with Gasteiger partial charge in [-0.2, -0.15) is 0 Å². The zero-order chi connectivity index (χ0) is 23.7. The summed E-state index contributed by atoms with van der Waals surface area (Å²) in [7, 11) is 0. The second-order valence-electron chi connectivity index (χ2n) is 9.33. The normalized spacial score (nSPS) is 18.6. The number of amides is 1. The van der Waals surface area contributed by atoms with E-state index in [1.54, 1.807) is 20.8 Å². The summed E-state index contributed by atoms with van der Waals surface area (Å²) >= 11 is 0. The van der Waals surface area contributed by atoms with Crippen molar-refractivity contribution in [2.75, 3.05) is 26.3 Å². The molecule has 33 heavy (non-hydrogen) atoms. The Morgan fingerprint density at radius 3 is 2.24 bits per heavy atom. The van der Waals surface area contributed by atoms with Gasteiger partial charge < -0.3 is 19.5 Å². The SMILES string of the molecule is CC(C)(C)OC(=O)NC1(C(=O)OCCOCc2ccccc2)CCN(Cc2ccccc2)C1. The quantitative estimate of drug-likeness (QED) is 0.457. The molecule has 2 aromatic rings. The average molecular weight is 455 g/mol. The lowest BCUT2D eigenvalue weighted by Gasteiger charge is -2.30. The van der Waals surface area contributed by atoms with Crippen molar-refractivity contribution in [1.29, 1.82) is 0 Å². The van der Waals surface area contributed by atoms with Crippen molar-refractivity contribution in [2.45, 2.75) is 51.5 Å². The molecule has 1 aliphatic heterocycles. The molecule has 1 N–H and O–H groups in total. The lowest BCUT2D eigenvalue weighted by Crippen LogP contribution is -2.58. The minimum Gasteiger partial charge on any atom is -0.461 e. The molecular weight excluding hydrogens is 420 g/mol. The number of alkyl carbamates (subject to hydrolysis) is 1. The third-order valence-electron chi connectivity index (χ3n) is 5.30. The monoisotopic (exact) mass is 454 g/mol. The lowest BCUT2D eigenvalue weighted by molar-refractivity contribution is -0.153. The second kappa shape index (κ2) is 11.3. The van der Waals surface area contributed by atoms with Gasteiger partial charge in [0.15, 0.2) is 5.54 Å². The number of carbonyl (C=O) groups excluding carboxylic acids is 2. The van der Waals surface area contributed by atoms with Crippen LogP contribution in [0.5, 0.6) is 0 Å². The Bertz CT molecular complexity index is 898. The zero-order valence-electron chi connectivity index (χ0n) is 19.7. The van der Waals surface area contributed by atoms with Crippen molar-refractivity contribution in [2.24, 2.45) is 0 Å². The van der Waals surface area contributed by atoms with Crippen molar-refractivity contribution in [3.8, 4) is 0 Å². The zero-order valence-corrected chi connectivity index (χ0v) is 19.7. The first-order valence-electron chi connectivity index (χ1n) is 11.3. The Morgan fingerprint density at radius 1 is 0.970 bits per heavy atom. The smallest absolute Gasteiger partial charge is 0.408 e. The number of hydrogen-bond donors (Lipinski definition) is 1. The van der Waals surface area contributed by atoms with Crippen LogP contribution in [0.2, 0.25) is 0 Å². The molecule has 1 heterocycles. The number of nitrogens with zero attached hydrogens (tertiary/aromatic N) is 1. The van der Waals surface area contributed by atoms with E-state index < -0.39 is 23.2 Å². The Labute approximate surface area is 196 Å². The van der Waals surface area contributed by atoms with Gasteiger partial charge >= 0.3 is 12.1 Å². The van der Waals surface area contributed by atoms with E-state index in [0.717, 1.165) is 11.1 Å². The maximum Gasteiger partial charge on any atom is 0.408 e. The molecule has 2 aromatic carbocycles. The molecule has 1 aliphatic rings. The fraction of sp³-hybridized carbons (Fsp3) is 0.462. The van der Waals surface area contributed by atoms with E-state index in [2.05, 4.69) is 10.2 Å². The van der Waals surface area contributed by atoms with Crippen LogP contribution >= 0.6 is 0 Å². The summed E-state index contributed by atoms with van der Waals surface area (Å²) in [4.78, 5) is 27.8. The molecule has 178 valence electrons. The van der Waals surface area contributed by atoms with E-state index in [0.29, 0.717) is 32.7 Å². The maximum atomic E-state index is 13.1. The van der Waals surface area contributed by atoms with E-state index in [9.17, 15) is 9.59 Å². The molecule has 3 rings (SSSR count). The second-order valence-corrected chi connectivity index (χ2v) is 9.33. The molecule has 0 saturated carbocycles. The number of rotatable bonds is 9. The number of likely N-dealkylation sites (tertiary alicyclic amines) is 1. The first-order valence-corrected chi connectivity index (χ1v) is 11.3. The minimum absolute atomic E-state index is 0.113. The minimum atomic E-state index is -1.16. The number of benzene rings is 2. The number of nitrogens with one attached hydrogen (secondary N) is 1. The third kappa shape index (κ3) is 7.87. The Kier molecular flexibility index (Phi) is 8.47. The highest BCUT2D eigenvalue weighted by Crippen LogP contribution is 2.25. The third-order valence-corrected chi connectivity index (χ3v) is 5.30. The lowest BCUT2D eigenvalue weighted by atomic mass is 9.99. The average Bonchev–Trinajstić information content (AvgIpc) is 3.17. The molecule has 1 atom stereocenters. The molecule has 0 spiro atoms. The van der Waals surface area contributed by atoms with Gasteiger partial charge in [0.25, 0.3) is 0 Å². The molecular formula is C26H34N2O5. The Hall–Kier alpha value is -2.90. The van der Waals surface area contributed by atoms with Gasteiger partial charge in [0.05, 0.1) is 13.2 Å². The van der Waals surface area contributed by atoms with Gasteiger partial charge in [-0.3, -0.25) is 4.90 Å². The highest BCUT2D eigenvalue weighted by atomic mass is 16.6. The van der Waals surface area contributed by atoms with Gasteiger partial charge in [-0.15, -0.1) is 0 Å². The van der Waals surface area contributed by atoms with E-state index in [1.807, 2.05) is 60.7 Å². The summed E-state index contributed by atoms with van der Waals surface area (Å²) in [5, 5.41) is 2.81. The molecule has 7 heteroatoms. The summed E-state index contributed by atoms with van der Waals surface area (Å²) in [5.74, 6) is -0.466. The summed E-state index contributed by atoms with van der Waals surface area (Å²) < 4.78 is 16.6. The van der Waals surface area contributed by atoms with Crippen LogP contribution in [0.3, 0.4) is 0 Å². The predicted octanol–water partition coefficient (Wildman–Crippen LogP) is 3.92. The van der Waals surface area contributed by atoms with Crippen molar-refractivity contribution in [3.63, 3.8) is 0 Å². The summed E-state index contributed by atoms with van der Waals surface area (Å²) in [6.45, 7) is 7.90. The van der Waals surface area contributed by atoms with Gasteiger partial charge in [-0.05, 0) is 38.3 Å². The summed E-state index contributed by atoms with van der Waals surface area (Å²) in [6, 6.07) is 19.8. The van der Waals surface area contributed by atoms with Crippen molar-refractivity contribution in [1.82, 2.24) is 10.2 Å². The molecule has 1 amide bonds. The predicted molar refractivity (Wildman–Crippen MR) is 125 cm³/mol. The Morgan fingerprint density at radius 2 is 1.61 bits per heavy atom. The van der Waals surface area contributed by atoms with Crippen LogP contribution in [0.1, 0.15) is 38.3 Å². The molecule has 0 aromatic heterocycles. The van der Waals surface area contributed by atoms with Gasteiger partial charge in [0, 0.05) is 19.6 Å².